The summed E-state index contributed by atoms with van der Waals surface area (Å²) in [5.41, 5.74) is 0. The van der Waals surface area contributed by atoms with Crippen molar-refractivity contribution in [3.8, 4) is 0 Å². The third kappa shape index (κ3) is 11.1. The van der Waals surface area contributed by atoms with E-state index < -0.39 is 0 Å². The van der Waals surface area contributed by atoms with Crippen molar-refractivity contribution in [2.75, 3.05) is 6.61 Å². The van der Waals surface area contributed by atoms with Crippen molar-refractivity contribution < 1.29 is 5.11 Å². The van der Waals surface area contributed by atoms with Crippen LogP contribution in [0, 0.1) is 17.8 Å². The first-order valence-electron chi connectivity index (χ1n) is 8.20. The summed E-state index contributed by atoms with van der Waals surface area (Å²) in [6, 6.07) is 0. The molecule has 0 aliphatic carbocycles. The van der Waals surface area contributed by atoms with Crippen molar-refractivity contribution in [1.82, 2.24) is 0 Å². The average molecular weight is 256 g/mol. The van der Waals surface area contributed by atoms with Gasteiger partial charge in [-0.05, 0) is 30.6 Å². The minimum Gasteiger partial charge on any atom is -0.396 e. The Kier molecular flexibility index (Phi) is 12.0. The fourth-order valence-corrected chi connectivity index (χ4v) is 2.45. The maximum Gasteiger partial charge on any atom is 0.0459 e. The van der Waals surface area contributed by atoms with Crippen LogP contribution in [0.1, 0.15) is 85.5 Å². The Morgan fingerprint density at radius 2 is 1.39 bits per heavy atom. The van der Waals surface area contributed by atoms with Gasteiger partial charge in [0.15, 0.2) is 0 Å². The lowest BCUT2D eigenvalue weighted by atomic mass is 9.92. The minimum atomic E-state index is 0.394. The van der Waals surface area contributed by atoms with E-state index in [1.807, 2.05) is 0 Å². The Morgan fingerprint density at radius 3 is 1.94 bits per heavy atom. The molecular weight excluding hydrogens is 220 g/mol. The third-order valence-electron chi connectivity index (χ3n) is 4.16. The molecule has 0 aliphatic heterocycles. The Bertz CT molecular complexity index is 165. The van der Waals surface area contributed by atoms with Gasteiger partial charge in [-0.1, -0.05) is 72.6 Å². The first-order chi connectivity index (χ1) is 8.60. The van der Waals surface area contributed by atoms with Gasteiger partial charge in [0.25, 0.3) is 0 Å². The molecule has 2 unspecified atom stereocenters. The van der Waals surface area contributed by atoms with Crippen LogP contribution in [0.5, 0.6) is 0 Å². The topological polar surface area (TPSA) is 20.2 Å². The smallest absolute Gasteiger partial charge is 0.0459 e. The summed E-state index contributed by atoms with van der Waals surface area (Å²) in [5.74, 6) is 2.26. The Hall–Kier alpha value is -0.0400. The van der Waals surface area contributed by atoms with Gasteiger partial charge in [0.2, 0.25) is 0 Å². The molecule has 0 radical (unpaired) electrons. The van der Waals surface area contributed by atoms with E-state index in [1.54, 1.807) is 0 Å². The molecule has 0 fully saturated rings. The molecule has 1 nitrogen and oxygen atoms in total. The molecule has 2 atom stereocenters. The molecule has 0 aliphatic rings. The highest BCUT2D eigenvalue weighted by atomic mass is 16.3. The Labute approximate surface area is 115 Å². The Balaban J connectivity index is 3.46. The number of rotatable bonds is 12. The molecule has 0 aromatic heterocycles. The largest absolute Gasteiger partial charge is 0.396 e. The fraction of sp³-hybridized carbons (Fsp3) is 1.00. The van der Waals surface area contributed by atoms with E-state index in [0.29, 0.717) is 12.5 Å². The Morgan fingerprint density at radius 1 is 0.778 bits per heavy atom. The summed E-state index contributed by atoms with van der Waals surface area (Å²) in [4.78, 5) is 0. The minimum absolute atomic E-state index is 0.394. The van der Waals surface area contributed by atoms with Crippen molar-refractivity contribution in [3.05, 3.63) is 0 Å². The van der Waals surface area contributed by atoms with Crippen molar-refractivity contribution in [2.45, 2.75) is 85.5 Å². The summed E-state index contributed by atoms with van der Waals surface area (Å²) < 4.78 is 0. The van der Waals surface area contributed by atoms with Gasteiger partial charge in [0.1, 0.15) is 0 Å². The molecule has 0 heterocycles. The number of hydrogen-bond acceptors (Lipinski definition) is 1. The van der Waals surface area contributed by atoms with E-state index in [-0.39, 0.29) is 0 Å². The molecule has 0 aromatic carbocycles. The molecule has 0 saturated heterocycles. The molecule has 0 aromatic rings. The lowest BCUT2D eigenvalue weighted by Gasteiger charge is -2.15. The van der Waals surface area contributed by atoms with Gasteiger partial charge in [-0.25, -0.2) is 0 Å². The second-order valence-corrected chi connectivity index (χ2v) is 6.52. The van der Waals surface area contributed by atoms with Crippen molar-refractivity contribution in [2.24, 2.45) is 17.8 Å². The highest BCUT2D eigenvalue weighted by Crippen LogP contribution is 2.20. The molecule has 0 amide bonds. The normalized spacial score (nSPS) is 15.0. The van der Waals surface area contributed by atoms with Crippen LogP contribution in [0.2, 0.25) is 0 Å². The average Bonchev–Trinajstić information content (AvgIpc) is 2.35. The van der Waals surface area contributed by atoms with Gasteiger partial charge in [0, 0.05) is 6.61 Å². The molecule has 0 bridgehead atoms. The predicted octanol–water partition coefficient (Wildman–Crippen LogP) is 5.42. The number of unbranched alkanes of at least 4 members (excludes halogenated alkanes) is 2. The molecule has 1 heteroatoms. The molecular formula is C17H36O. The maximum atomic E-state index is 9.39. The quantitative estimate of drug-likeness (QED) is 0.462. The number of hydrogen-bond donors (Lipinski definition) is 1. The summed E-state index contributed by atoms with van der Waals surface area (Å²) in [5, 5.41) is 9.39. The van der Waals surface area contributed by atoms with E-state index in [9.17, 15) is 5.11 Å². The molecule has 18 heavy (non-hydrogen) atoms. The molecule has 0 rings (SSSR count). The van der Waals surface area contributed by atoms with Crippen LogP contribution < -0.4 is 0 Å². The van der Waals surface area contributed by atoms with Gasteiger partial charge in [-0.15, -0.1) is 0 Å². The molecule has 0 spiro atoms. The summed E-state index contributed by atoms with van der Waals surface area (Å²) in [6.45, 7) is 9.59. The van der Waals surface area contributed by atoms with Crippen LogP contribution in [0.15, 0.2) is 0 Å². The lowest BCUT2D eigenvalue weighted by molar-refractivity contribution is 0.202. The first kappa shape index (κ1) is 18.0. The highest BCUT2D eigenvalue weighted by Gasteiger charge is 2.08. The van der Waals surface area contributed by atoms with Crippen molar-refractivity contribution >= 4 is 0 Å². The van der Waals surface area contributed by atoms with E-state index in [4.69, 9.17) is 0 Å². The highest BCUT2D eigenvalue weighted by molar-refractivity contribution is 4.61. The van der Waals surface area contributed by atoms with E-state index in [0.717, 1.165) is 11.8 Å². The number of aliphatic hydroxyl groups excluding tert-OH is 1. The van der Waals surface area contributed by atoms with Crippen LogP contribution >= 0.6 is 0 Å². The maximum absolute atomic E-state index is 9.39. The SMILES string of the molecule is CCC(C)CCCC(CO)CCCCCC(C)C. The van der Waals surface area contributed by atoms with Crippen LogP contribution in [0.4, 0.5) is 0 Å². The summed E-state index contributed by atoms with van der Waals surface area (Å²) in [7, 11) is 0. The van der Waals surface area contributed by atoms with Gasteiger partial charge in [0.05, 0.1) is 0 Å². The second-order valence-electron chi connectivity index (χ2n) is 6.52. The van der Waals surface area contributed by atoms with Gasteiger partial charge in [-0.3, -0.25) is 0 Å². The lowest BCUT2D eigenvalue weighted by Crippen LogP contribution is -2.07. The van der Waals surface area contributed by atoms with Crippen molar-refractivity contribution in [1.29, 1.82) is 0 Å². The van der Waals surface area contributed by atoms with E-state index in [2.05, 4.69) is 27.7 Å². The third-order valence-corrected chi connectivity index (χ3v) is 4.16. The predicted molar refractivity (Wildman–Crippen MR) is 81.8 cm³/mol. The summed E-state index contributed by atoms with van der Waals surface area (Å²) in [6.07, 6.45) is 11.8. The molecule has 110 valence electrons. The van der Waals surface area contributed by atoms with Crippen LogP contribution in [0.25, 0.3) is 0 Å². The zero-order valence-electron chi connectivity index (χ0n) is 13.3. The monoisotopic (exact) mass is 256 g/mol. The summed E-state index contributed by atoms with van der Waals surface area (Å²) >= 11 is 0. The van der Waals surface area contributed by atoms with Crippen molar-refractivity contribution in [3.63, 3.8) is 0 Å². The standard InChI is InChI=1S/C17H36O/c1-5-16(4)11-9-13-17(14-18)12-8-6-7-10-15(2)3/h15-18H,5-14H2,1-4H3. The first-order valence-corrected chi connectivity index (χ1v) is 8.20. The van der Waals surface area contributed by atoms with Gasteiger partial charge < -0.3 is 5.11 Å². The zero-order valence-corrected chi connectivity index (χ0v) is 13.3. The fourth-order valence-electron chi connectivity index (χ4n) is 2.45. The van der Waals surface area contributed by atoms with E-state index >= 15 is 0 Å². The van der Waals surface area contributed by atoms with Crippen LogP contribution in [-0.4, -0.2) is 11.7 Å². The second kappa shape index (κ2) is 12.0. The van der Waals surface area contributed by atoms with Crippen LogP contribution in [-0.2, 0) is 0 Å². The number of aliphatic hydroxyl groups is 1. The van der Waals surface area contributed by atoms with Gasteiger partial charge >= 0.3 is 0 Å². The zero-order chi connectivity index (χ0) is 13.8. The van der Waals surface area contributed by atoms with E-state index in [1.165, 1.54) is 57.8 Å². The molecule has 1 N–H and O–H groups in total. The molecule has 0 saturated carbocycles. The van der Waals surface area contributed by atoms with Gasteiger partial charge in [-0.2, -0.15) is 0 Å². The van der Waals surface area contributed by atoms with Crippen LogP contribution in [0.3, 0.4) is 0 Å².